The van der Waals surface area contributed by atoms with E-state index in [0.29, 0.717) is 6.54 Å². The zero-order chi connectivity index (χ0) is 17.5. The first-order valence-corrected chi connectivity index (χ1v) is 6.84. The Morgan fingerprint density at radius 2 is 2.12 bits per heavy atom. The molecule has 9 heteroatoms. The Kier molecular flexibility index (Phi) is 9.75. The number of halogens is 4. The minimum atomic E-state index is -4.44. The van der Waals surface area contributed by atoms with Crippen LogP contribution in [0.15, 0.2) is 41.4 Å². The Hall–Kier alpha value is -1.49. The molecule has 0 heterocycles. The molecule has 5 nitrogen and oxygen atoms in total. The first kappa shape index (κ1) is 22.5. The van der Waals surface area contributed by atoms with Crippen LogP contribution in [0, 0.1) is 0 Å². The quantitative estimate of drug-likeness (QED) is 0.254. The summed E-state index contributed by atoms with van der Waals surface area (Å²) in [5.74, 6) is 0.169. The molecule has 136 valence electrons. The van der Waals surface area contributed by atoms with Crippen LogP contribution < -0.4 is 15.8 Å². The van der Waals surface area contributed by atoms with E-state index in [1.165, 1.54) is 12.1 Å². The average Bonchev–Trinajstić information content (AvgIpc) is 2.48. The summed E-state index contributed by atoms with van der Waals surface area (Å²) in [5.41, 5.74) is 5.63. The summed E-state index contributed by atoms with van der Waals surface area (Å²) in [6, 6.07) is 4.44. The maximum absolute atomic E-state index is 12.6. The molecular formula is C15H21F3IN3O2. The standard InChI is InChI=1S/C15H20F3N3O2.HI/c1-10(2)7-20-14(19)21-8-12(22)9-23-13-5-3-4-11(6-13)15(16,17)18;/h3-6,12,22H,1,7-9H2,2H3,(H3,19,20,21);1H. The molecule has 0 aliphatic carbocycles. The molecule has 0 spiro atoms. The highest BCUT2D eigenvalue weighted by Gasteiger charge is 2.30. The molecule has 0 radical (unpaired) electrons. The second-order valence-electron chi connectivity index (χ2n) is 5.03. The second-order valence-corrected chi connectivity index (χ2v) is 5.03. The molecule has 1 unspecified atom stereocenters. The van der Waals surface area contributed by atoms with E-state index >= 15 is 0 Å². The lowest BCUT2D eigenvalue weighted by atomic mass is 10.2. The predicted octanol–water partition coefficient (Wildman–Crippen LogP) is 2.54. The Morgan fingerprint density at radius 1 is 1.46 bits per heavy atom. The largest absolute Gasteiger partial charge is 0.491 e. The van der Waals surface area contributed by atoms with Gasteiger partial charge in [-0.1, -0.05) is 18.2 Å². The number of hydrogen-bond donors (Lipinski definition) is 3. The van der Waals surface area contributed by atoms with Crippen LogP contribution in [0.4, 0.5) is 13.2 Å². The Bertz CT molecular complexity index is 565. The highest BCUT2D eigenvalue weighted by molar-refractivity contribution is 14.0. The molecule has 0 aliphatic rings. The normalized spacial score (nSPS) is 13.0. The van der Waals surface area contributed by atoms with Crippen molar-refractivity contribution < 1.29 is 23.0 Å². The number of hydrogen-bond acceptors (Lipinski definition) is 3. The van der Waals surface area contributed by atoms with Gasteiger partial charge in [0.15, 0.2) is 5.96 Å². The molecule has 1 atom stereocenters. The topological polar surface area (TPSA) is 79.9 Å². The van der Waals surface area contributed by atoms with Gasteiger partial charge in [0, 0.05) is 6.54 Å². The fourth-order valence-corrected chi connectivity index (χ4v) is 1.51. The molecule has 1 aromatic rings. The number of aliphatic hydroxyl groups excluding tert-OH is 1. The summed E-state index contributed by atoms with van der Waals surface area (Å²) >= 11 is 0. The third-order valence-corrected chi connectivity index (χ3v) is 2.65. The number of guanidine groups is 1. The summed E-state index contributed by atoms with van der Waals surface area (Å²) < 4.78 is 42.8. The van der Waals surface area contributed by atoms with Crippen molar-refractivity contribution in [3.8, 4) is 5.75 Å². The van der Waals surface area contributed by atoms with Crippen LogP contribution in [0.2, 0.25) is 0 Å². The predicted molar refractivity (Wildman–Crippen MR) is 97.7 cm³/mol. The van der Waals surface area contributed by atoms with Gasteiger partial charge in [0.05, 0.1) is 12.1 Å². The molecule has 0 saturated heterocycles. The van der Waals surface area contributed by atoms with Crippen LogP contribution in [-0.2, 0) is 6.18 Å². The Morgan fingerprint density at radius 3 is 2.71 bits per heavy atom. The number of benzene rings is 1. The number of ether oxygens (including phenoxy) is 1. The lowest BCUT2D eigenvalue weighted by Crippen LogP contribution is -2.34. The molecular weight excluding hydrogens is 438 g/mol. The van der Waals surface area contributed by atoms with E-state index in [-0.39, 0.29) is 48.8 Å². The summed E-state index contributed by atoms with van der Waals surface area (Å²) in [4.78, 5) is 3.90. The van der Waals surface area contributed by atoms with Gasteiger partial charge in [-0.3, -0.25) is 4.99 Å². The molecule has 0 fully saturated rings. The molecule has 24 heavy (non-hydrogen) atoms. The van der Waals surface area contributed by atoms with Gasteiger partial charge in [-0.2, -0.15) is 13.2 Å². The van der Waals surface area contributed by atoms with Gasteiger partial charge in [0.1, 0.15) is 18.5 Å². The fourth-order valence-electron chi connectivity index (χ4n) is 1.51. The third kappa shape index (κ3) is 8.96. The van der Waals surface area contributed by atoms with Crippen LogP contribution >= 0.6 is 24.0 Å². The van der Waals surface area contributed by atoms with Crippen molar-refractivity contribution in [2.24, 2.45) is 10.7 Å². The first-order valence-electron chi connectivity index (χ1n) is 6.84. The number of nitrogens with zero attached hydrogens (tertiary/aromatic N) is 1. The molecule has 1 aromatic carbocycles. The molecule has 1 rings (SSSR count). The van der Waals surface area contributed by atoms with E-state index < -0.39 is 17.8 Å². The number of rotatable bonds is 7. The van der Waals surface area contributed by atoms with Crippen molar-refractivity contribution in [1.82, 2.24) is 5.32 Å². The number of aliphatic hydroxyl groups is 1. The molecule has 4 N–H and O–H groups in total. The number of aliphatic imine (C=N–C) groups is 1. The minimum absolute atomic E-state index is 0. The molecule has 0 amide bonds. The van der Waals surface area contributed by atoms with Crippen molar-refractivity contribution in [2.75, 3.05) is 19.7 Å². The van der Waals surface area contributed by atoms with Gasteiger partial charge in [-0.25, -0.2) is 0 Å². The monoisotopic (exact) mass is 459 g/mol. The fraction of sp³-hybridized carbons (Fsp3) is 0.400. The maximum Gasteiger partial charge on any atom is 0.416 e. The van der Waals surface area contributed by atoms with Gasteiger partial charge in [-0.15, -0.1) is 24.0 Å². The van der Waals surface area contributed by atoms with Crippen LogP contribution in [-0.4, -0.2) is 36.9 Å². The van der Waals surface area contributed by atoms with Crippen LogP contribution in [0.5, 0.6) is 5.75 Å². The van der Waals surface area contributed by atoms with Gasteiger partial charge in [0.25, 0.3) is 0 Å². The van der Waals surface area contributed by atoms with Crippen LogP contribution in [0.3, 0.4) is 0 Å². The molecule has 0 bridgehead atoms. The lowest BCUT2D eigenvalue weighted by molar-refractivity contribution is -0.137. The summed E-state index contributed by atoms with van der Waals surface area (Å²) in [5, 5.41) is 12.5. The smallest absolute Gasteiger partial charge is 0.416 e. The first-order chi connectivity index (χ1) is 10.7. The number of nitrogens with one attached hydrogen (secondary N) is 1. The highest BCUT2D eigenvalue weighted by atomic mass is 127. The van der Waals surface area contributed by atoms with Crippen molar-refractivity contribution in [1.29, 1.82) is 0 Å². The van der Waals surface area contributed by atoms with Crippen LogP contribution in [0.1, 0.15) is 12.5 Å². The van der Waals surface area contributed by atoms with Crippen molar-refractivity contribution in [3.63, 3.8) is 0 Å². The van der Waals surface area contributed by atoms with E-state index in [1.807, 2.05) is 6.92 Å². The van der Waals surface area contributed by atoms with E-state index in [0.717, 1.165) is 17.7 Å². The van der Waals surface area contributed by atoms with E-state index in [2.05, 4.69) is 16.9 Å². The zero-order valence-corrected chi connectivity index (χ0v) is 15.5. The molecule has 0 saturated carbocycles. The van der Waals surface area contributed by atoms with E-state index in [9.17, 15) is 18.3 Å². The van der Waals surface area contributed by atoms with Gasteiger partial charge >= 0.3 is 6.18 Å². The van der Waals surface area contributed by atoms with Gasteiger partial charge < -0.3 is 20.9 Å². The van der Waals surface area contributed by atoms with Gasteiger partial charge in [-0.05, 0) is 25.1 Å². The minimum Gasteiger partial charge on any atom is -0.491 e. The zero-order valence-electron chi connectivity index (χ0n) is 13.1. The highest BCUT2D eigenvalue weighted by Crippen LogP contribution is 2.31. The number of alkyl halides is 3. The Balaban J connectivity index is 0.00000529. The lowest BCUT2D eigenvalue weighted by Gasteiger charge is -2.13. The van der Waals surface area contributed by atoms with Crippen molar-refractivity contribution in [3.05, 3.63) is 42.0 Å². The second kappa shape index (κ2) is 10.4. The maximum atomic E-state index is 12.6. The summed E-state index contributed by atoms with van der Waals surface area (Å²) in [6.45, 7) is 5.74. The SMILES string of the molecule is C=C(C)CNC(N)=NCC(O)COc1cccc(C(F)(F)F)c1.I. The molecule has 0 aromatic heterocycles. The van der Waals surface area contributed by atoms with Crippen molar-refractivity contribution >= 4 is 29.9 Å². The van der Waals surface area contributed by atoms with E-state index in [4.69, 9.17) is 10.5 Å². The average molecular weight is 459 g/mol. The Labute approximate surface area is 155 Å². The van der Waals surface area contributed by atoms with Crippen LogP contribution in [0.25, 0.3) is 0 Å². The van der Waals surface area contributed by atoms with Crippen molar-refractivity contribution in [2.45, 2.75) is 19.2 Å². The third-order valence-electron chi connectivity index (χ3n) is 2.65. The number of nitrogens with two attached hydrogens (primary N) is 1. The summed E-state index contributed by atoms with van der Waals surface area (Å²) in [6.07, 6.45) is -5.43. The van der Waals surface area contributed by atoms with E-state index in [1.54, 1.807) is 0 Å². The van der Waals surface area contributed by atoms with Gasteiger partial charge in [0.2, 0.25) is 0 Å². The molecule has 0 aliphatic heterocycles. The summed E-state index contributed by atoms with van der Waals surface area (Å²) in [7, 11) is 0.